The van der Waals surface area contributed by atoms with Gasteiger partial charge in [0.1, 0.15) is 0 Å². The minimum absolute atomic E-state index is 0.0565. The number of rotatable bonds is 4. The molecule has 0 bridgehead atoms. The molecule has 0 radical (unpaired) electrons. The van der Waals surface area contributed by atoms with Crippen LogP contribution in [0.1, 0.15) is 6.92 Å². The standard InChI is InChI=1S/C8H14ClN3O/c1-8(6-13,10-2)5-12-4-7(9)3-11-12/h3-4,10,13H,5-6H2,1-2H3. The molecule has 1 aromatic heterocycles. The van der Waals surface area contributed by atoms with E-state index >= 15 is 0 Å². The van der Waals surface area contributed by atoms with Crippen LogP contribution in [0.2, 0.25) is 5.02 Å². The summed E-state index contributed by atoms with van der Waals surface area (Å²) in [6.45, 7) is 2.57. The highest BCUT2D eigenvalue weighted by Gasteiger charge is 2.21. The molecule has 13 heavy (non-hydrogen) atoms. The van der Waals surface area contributed by atoms with Gasteiger partial charge in [0.2, 0.25) is 0 Å². The van der Waals surface area contributed by atoms with E-state index in [0.29, 0.717) is 11.6 Å². The third-order valence-corrected chi connectivity index (χ3v) is 2.26. The van der Waals surface area contributed by atoms with Crippen LogP contribution in [0.3, 0.4) is 0 Å². The van der Waals surface area contributed by atoms with Crippen molar-refractivity contribution in [3.05, 3.63) is 17.4 Å². The summed E-state index contributed by atoms with van der Waals surface area (Å²) in [7, 11) is 1.81. The zero-order valence-electron chi connectivity index (χ0n) is 7.79. The number of nitrogens with one attached hydrogen (secondary N) is 1. The van der Waals surface area contributed by atoms with E-state index in [-0.39, 0.29) is 12.1 Å². The lowest BCUT2D eigenvalue weighted by atomic mass is 10.1. The van der Waals surface area contributed by atoms with Crippen LogP contribution in [0.15, 0.2) is 12.4 Å². The molecule has 0 saturated carbocycles. The molecular formula is C8H14ClN3O. The number of aliphatic hydroxyl groups is 1. The summed E-state index contributed by atoms with van der Waals surface area (Å²) in [5.74, 6) is 0. The Hall–Kier alpha value is -0.580. The van der Waals surface area contributed by atoms with Crippen LogP contribution in [0.25, 0.3) is 0 Å². The van der Waals surface area contributed by atoms with Crippen LogP contribution in [-0.4, -0.2) is 34.1 Å². The molecule has 5 heteroatoms. The van der Waals surface area contributed by atoms with Crippen molar-refractivity contribution in [3.63, 3.8) is 0 Å². The van der Waals surface area contributed by atoms with Crippen molar-refractivity contribution < 1.29 is 5.11 Å². The lowest BCUT2D eigenvalue weighted by Gasteiger charge is -2.26. The van der Waals surface area contributed by atoms with Gasteiger partial charge in [-0.1, -0.05) is 11.6 Å². The van der Waals surface area contributed by atoms with Gasteiger partial charge >= 0.3 is 0 Å². The minimum atomic E-state index is -0.352. The summed E-state index contributed by atoms with van der Waals surface area (Å²) in [5.41, 5.74) is -0.352. The van der Waals surface area contributed by atoms with Gasteiger partial charge in [0.15, 0.2) is 0 Å². The second-order valence-electron chi connectivity index (χ2n) is 3.32. The predicted molar refractivity (Wildman–Crippen MR) is 51.8 cm³/mol. The summed E-state index contributed by atoms with van der Waals surface area (Å²) < 4.78 is 1.70. The highest BCUT2D eigenvalue weighted by molar-refractivity contribution is 6.30. The number of aromatic nitrogens is 2. The fourth-order valence-electron chi connectivity index (χ4n) is 0.990. The van der Waals surface area contributed by atoms with E-state index in [0.717, 1.165) is 0 Å². The van der Waals surface area contributed by atoms with Crippen molar-refractivity contribution in [2.45, 2.75) is 19.0 Å². The lowest BCUT2D eigenvalue weighted by Crippen LogP contribution is -2.47. The Kier molecular flexibility index (Phi) is 3.30. The van der Waals surface area contributed by atoms with Gasteiger partial charge in [0.05, 0.1) is 29.9 Å². The van der Waals surface area contributed by atoms with Crippen molar-refractivity contribution >= 4 is 11.6 Å². The Morgan fingerprint density at radius 2 is 2.46 bits per heavy atom. The number of likely N-dealkylation sites (N-methyl/N-ethyl adjacent to an activating group) is 1. The largest absolute Gasteiger partial charge is 0.394 e. The second-order valence-corrected chi connectivity index (χ2v) is 3.76. The Morgan fingerprint density at radius 3 is 2.85 bits per heavy atom. The SMILES string of the molecule is CNC(C)(CO)Cn1cc(Cl)cn1. The van der Waals surface area contributed by atoms with Crippen molar-refractivity contribution in [3.8, 4) is 0 Å². The van der Waals surface area contributed by atoms with Crippen LogP contribution in [0.5, 0.6) is 0 Å². The highest BCUT2D eigenvalue weighted by Crippen LogP contribution is 2.09. The van der Waals surface area contributed by atoms with Crippen LogP contribution >= 0.6 is 11.6 Å². The summed E-state index contributed by atoms with van der Waals surface area (Å²) >= 11 is 5.71. The fraction of sp³-hybridized carbons (Fsp3) is 0.625. The van der Waals surface area contributed by atoms with Crippen molar-refractivity contribution in [1.29, 1.82) is 0 Å². The van der Waals surface area contributed by atoms with Gasteiger partial charge in [-0.15, -0.1) is 0 Å². The van der Waals surface area contributed by atoms with E-state index < -0.39 is 0 Å². The molecule has 0 aromatic carbocycles. The molecule has 1 aromatic rings. The van der Waals surface area contributed by atoms with E-state index in [1.165, 1.54) is 0 Å². The first kappa shape index (κ1) is 10.5. The van der Waals surface area contributed by atoms with Crippen LogP contribution < -0.4 is 5.32 Å². The maximum absolute atomic E-state index is 9.12. The quantitative estimate of drug-likeness (QED) is 0.750. The van der Waals surface area contributed by atoms with E-state index in [1.807, 2.05) is 6.92 Å². The van der Waals surface area contributed by atoms with Gasteiger partial charge in [0, 0.05) is 6.20 Å². The minimum Gasteiger partial charge on any atom is -0.394 e. The average Bonchev–Trinajstić information content (AvgIpc) is 2.51. The molecule has 0 aliphatic carbocycles. The first-order chi connectivity index (χ1) is 6.09. The molecule has 0 aliphatic heterocycles. The third kappa shape index (κ3) is 2.69. The highest BCUT2D eigenvalue weighted by atomic mass is 35.5. The number of halogens is 1. The fourth-order valence-corrected chi connectivity index (χ4v) is 1.15. The Bertz CT molecular complexity index is 270. The van der Waals surface area contributed by atoms with Crippen molar-refractivity contribution in [2.75, 3.05) is 13.7 Å². The Morgan fingerprint density at radius 1 is 1.77 bits per heavy atom. The third-order valence-electron chi connectivity index (χ3n) is 2.07. The van der Waals surface area contributed by atoms with E-state index in [2.05, 4.69) is 10.4 Å². The van der Waals surface area contributed by atoms with E-state index in [4.69, 9.17) is 16.7 Å². The first-order valence-corrected chi connectivity index (χ1v) is 4.45. The van der Waals surface area contributed by atoms with Gasteiger partial charge < -0.3 is 10.4 Å². The van der Waals surface area contributed by atoms with E-state index in [1.54, 1.807) is 24.1 Å². The summed E-state index contributed by atoms with van der Waals surface area (Å²) in [6, 6.07) is 0. The summed E-state index contributed by atoms with van der Waals surface area (Å²) in [6.07, 6.45) is 3.31. The monoisotopic (exact) mass is 203 g/mol. The number of hydrogen-bond donors (Lipinski definition) is 2. The Balaban J connectivity index is 2.67. The molecule has 1 heterocycles. The van der Waals surface area contributed by atoms with Gasteiger partial charge in [-0.05, 0) is 14.0 Å². The lowest BCUT2D eigenvalue weighted by molar-refractivity contribution is 0.161. The topological polar surface area (TPSA) is 50.1 Å². The maximum atomic E-state index is 9.12. The van der Waals surface area contributed by atoms with Gasteiger partial charge in [-0.25, -0.2) is 0 Å². The summed E-state index contributed by atoms with van der Waals surface area (Å²) in [4.78, 5) is 0. The molecule has 74 valence electrons. The smallest absolute Gasteiger partial charge is 0.0785 e. The molecule has 1 unspecified atom stereocenters. The van der Waals surface area contributed by atoms with Crippen molar-refractivity contribution in [1.82, 2.24) is 15.1 Å². The molecule has 1 rings (SSSR count). The second kappa shape index (κ2) is 4.09. The number of nitrogens with zero attached hydrogens (tertiary/aromatic N) is 2. The first-order valence-electron chi connectivity index (χ1n) is 4.07. The zero-order valence-corrected chi connectivity index (χ0v) is 8.54. The molecule has 0 spiro atoms. The van der Waals surface area contributed by atoms with Crippen LogP contribution in [0, 0.1) is 0 Å². The predicted octanol–water partition coefficient (Wildman–Crippen LogP) is 0.507. The maximum Gasteiger partial charge on any atom is 0.0785 e. The van der Waals surface area contributed by atoms with Crippen LogP contribution in [-0.2, 0) is 6.54 Å². The number of aliphatic hydroxyl groups excluding tert-OH is 1. The molecular weight excluding hydrogens is 190 g/mol. The molecule has 0 aliphatic rings. The molecule has 0 fully saturated rings. The molecule has 0 saturated heterocycles. The molecule has 0 amide bonds. The molecule has 1 atom stereocenters. The average molecular weight is 204 g/mol. The normalized spacial score (nSPS) is 15.7. The number of hydrogen-bond acceptors (Lipinski definition) is 3. The molecule has 4 nitrogen and oxygen atoms in total. The van der Waals surface area contributed by atoms with Crippen LogP contribution in [0.4, 0.5) is 0 Å². The van der Waals surface area contributed by atoms with Crippen molar-refractivity contribution in [2.24, 2.45) is 0 Å². The summed E-state index contributed by atoms with van der Waals surface area (Å²) in [5, 5.41) is 16.8. The zero-order chi connectivity index (χ0) is 9.90. The van der Waals surface area contributed by atoms with E-state index in [9.17, 15) is 0 Å². The van der Waals surface area contributed by atoms with Gasteiger partial charge in [-0.3, -0.25) is 4.68 Å². The Labute approximate surface area is 82.5 Å². The van der Waals surface area contributed by atoms with Gasteiger partial charge in [-0.2, -0.15) is 5.10 Å². The van der Waals surface area contributed by atoms with Gasteiger partial charge in [0.25, 0.3) is 0 Å². The molecule has 2 N–H and O–H groups in total.